The van der Waals surface area contributed by atoms with Crippen LogP contribution in [0, 0.1) is 29.9 Å². The molecule has 1 atom stereocenters. The van der Waals surface area contributed by atoms with E-state index in [4.69, 9.17) is 10.00 Å². The summed E-state index contributed by atoms with van der Waals surface area (Å²) in [4.78, 5) is 23.1. The molecule has 1 aromatic carbocycles. The van der Waals surface area contributed by atoms with Crippen molar-refractivity contribution in [2.45, 2.75) is 25.5 Å². The fourth-order valence-electron chi connectivity index (χ4n) is 4.22. The van der Waals surface area contributed by atoms with Gasteiger partial charge in [0.25, 0.3) is 0 Å². The van der Waals surface area contributed by atoms with Crippen LogP contribution in [-0.4, -0.2) is 55.9 Å². The van der Waals surface area contributed by atoms with Crippen LogP contribution in [0.1, 0.15) is 29.3 Å². The lowest BCUT2D eigenvalue weighted by molar-refractivity contribution is 0.0257. The van der Waals surface area contributed by atoms with Gasteiger partial charge in [0.1, 0.15) is 17.6 Å². The lowest BCUT2D eigenvalue weighted by atomic mass is 10.0. The van der Waals surface area contributed by atoms with Crippen molar-refractivity contribution in [3.8, 4) is 23.3 Å². The molecule has 2 aliphatic rings. The first-order valence-corrected chi connectivity index (χ1v) is 11.0. The molecule has 2 aliphatic heterocycles. The molecule has 0 spiro atoms. The third-order valence-corrected chi connectivity index (χ3v) is 5.92. The number of pyridine rings is 1. The number of nitriles is 1. The van der Waals surface area contributed by atoms with Crippen LogP contribution in [0.25, 0.3) is 11.5 Å². The second kappa shape index (κ2) is 8.79. The monoisotopic (exact) mass is 477 g/mol. The number of hydrogen-bond donors (Lipinski definition) is 0. The number of halogens is 2. The Labute approximate surface area is 199 Å². The van der Waals surface area contributed by atoms with Gasteiger partial charge in [-0.05, 0) is 30.7 Å². The highest BCUT2D eigenvalue weighted by atomic mass is 19.1. The molecule has 3 aromatic rings. The summed E-state index contributed by atoms with van der Waals surface area (Å²) in [5, 5.41) is 14.6. The van der Waals surface area contributed by atoms with Crippen LogP contribution in [0.5, 0.6) is 5.75 Å². The van der Waals surface area contributed by atoms with E-state index in [9.17, 15) is 13.6 Å². The number of imidazole rings is 1. The number of rotatable bonds is 4. The maximum atomic E-state index is 14.4. The fourth-order valence-corrected chi connectivity index (χ4v) is 4.22. The molecule has 1 unspecified atom stereocenters. The number of likely N-dealkylation sites (tertiary alicyclic amines) is 1. The first-order chi connectivity index (χ1) is 16.8. The van der Waals surface area contributed by atoms with E-state index < -0.39 is 23.8 Å². The molecule has 178 valence electrons. The van der Waals surface area contributed by atoms with Crippen LogP contribution in [0.15, 0.2) is 41.8 Å². The normalized spacial score (nSPS) is 17.4. The lowest BCUT2D eigenvalue weighted by Gasteiger charge is -2.41. The number of carbonyl (C=O) groups excluding carboxylic acids is 1. The third kappa shape index (κ3) is 4.30. The summed E-state index contributed by atoms with van der Waals surface area (Å²) in [5.74, 6) is -0.524. The van der Waals surface area contributed by atoms with Gasteiger partial charge in [-0.2, -0.15) is 10.4 Å². The molecule has 0 bridgehead atoms. The number of aromatic nitrogens is 3. The Balaban J connectivity index is 1.25. The zero-order valence-electron chi connectivity index (χ0n) is 19.0. The SMILES string of the molecule is Cc1cn(C)c(-c2cc(OC3CN(C(=O)N4N=CCC4c4cc(F)cc(C#N)c4)C3)c(F)cn2)n1. The Morgan fingerprint density at radius 3 is 2.74 bits per heavy atom. The molecule has 0 radical (unpaired) electrons. The largest absolute Gasteiger partial charge is 0.483 e. The van der Waals surface area contributed by atoms with E-state index in [0.717, 1.165) is 18.0 Å². The smallest absolute Gasteiger partial charge is 0.341 e. The lowest BCUT2D eigenvalue weighted by Crippen LogP contribution is -2.58. The molecule has 1 fully saturated rings. The molecule has 2 amide bonds. The van der Waals surface area contributed by atoms with Crippen LogP contribution in [0.3, 0.4) is 0 Å². The molecule has 4 heterocycles. The summed E-state index contributed by atoms with van der Waals surface area (Å²) in [7, 11) is 1.83. The van der Waals surface area contributed by atoms with E-state index >= 15 is 0 Å². The van der Waals surface area contributed by atoms with Crippen LogP contribution in [0.2, 0.25) is 0 Å². The number of urea groups is 1. The van der Waals surface area contributed by atoms with Crippen molar-refractivity contribution in [3.05, 3.63) is 65.1 Å². The van der Waals surface area contributed by atoms with E-state index in [2.05, 4.69) is 15.1 Å². The maximum Gasteiger partial charge on any atom is 0.341 e. The third-order valence-electron chi connectivity index (χ3n) is 5.92. The highest BCUT2D eigenvalue weighted by Crippen LogP contribution is 2.32. The zero-order chi connectivity index (χ0) is 24.7. The van der Waals surface area contributed by atoms with Gasteiger partial charge in [0.2, 0.25) is 0 Å². The zero-order valence-corrected chi connectivity index (χ0v) is 19.0. The average Bonchev–Trinajstić information content (AvgIpc) is 3.42. The molecule has 35 heavy (non-hydrogen) atoms. The van der Waals surface area contributed by atoms with Gasteiger partial charge in [0, 0.05) is 31.9 Å². The Morgan fingerprint density at radius 1 is 1.23 bits per heavy atom. The average molecular weight is 477 g/mol. The number of benzene rings is 1. The molecule has 5 rings (SSSR count). The van der Waals surface area contributed by atoms with E-state index in [1.165, 1.54) is 22.0 Å². The predicted octanol–water partition coefficient (Wildman–Crippen LogP) is 3.56. The molecular formula is C24H21F2N7O2. The molecule has 9 nitrogen and oxygen atoms in total. The summed E-state index contributed by atoms with van der Waals surface area (Å²) in [6, 6.07) is 6.54. The summed E-state index contributed by atoms with van der Waals surface area (Å²) in [5.41, 5.74) is 1.97. The fraction of sp³-hybridized carbons (Fsp3) is 0.292. The molecule has 0 N–H and O–H groups in total. The highest BCUT2D eigenvalue weighted by Gasteiger charge is 2.39. The number of amides is 2. The van der Waals surface area contributed by atoms with Gasteiger partial charge in [-0.1, -0.05) is 0 Å². The number of hydrazone groups is 1. The van der Waals surface area contributed by atoms with Crippen LogP contribution < -0.4 is 4.74 Å². The molecule has 0 aliphatic carbocycles. The van der Waals surface area contributed by atoms with Crippen molar-refractivity contribution in [1.82, 2.24) is 24.4 Å². The van der Waals surface area contributed by atoms with Crippen molar-refractivity contribution < 1.29 is 18.3 Å². The Morgan fingerprint density at radius 2 is 2.03 bits per heavy atom. The van der Waals surface area contributed by atoms with Gasteiger partial charge >= 0.3 is 6.03 Å². The molecular weight excluding hydrogens is 456 g/mol. The van der Waals surface area contributed by atoms with Gasteiger partial charge in [0.15, 0.2) is 17.4 Å². The Bertz CT molecular complexity index is 1370. The van der Waals surface area contributed by atoms with Crippen LogP contribution in [-0.2, 0) is 7.05 Å². The van der Waals surface area contributed by atoms with E-state index in [1.54, 1.807) is 16.8 Å². The number of nitrogens with zero attached hydrogens (tertiary/aromatic N) is 7. The highest BCUT2D eigenvalue weighted by molar-refractivity contribution is 5.79. The van der Waals surface area contributed by atoms with E-state index in [0.29, 0.717) is 23.5 Å². The molecule has 1 saturated heterocycles. The summed E-state index contributed by atoms with van der Waals surface area (Å²) in [6.07, 6.45) is 4.52. The summed E-state index contributed by atoms with van der Waals surface area (Å²) in [6.45, 7) is 2.33. The van der Waals surface area contributed by atoms with Crippen molar-refractivity contribution >= 4 is 12.2 Å². The number of aryl methyl sites for hydroxylation is 2. The van der Waals surface area contributed by atoms with Gasteiger partial charge in [-0.15, -0.1) is 0 Å². The minimum Gasteiger partial charge on any atom is -0.483 e. The molecule has 2 aromatic heterocycles. The first-order valence-electron chi connectivity index (χ1n) is 11.0. The van der Waals surface area contributed by atoms with Gasteiger partial charge in [0.05, 0.1) is 42.7 Å². The van der Waals surface area contributed by atoms with Crippen molar-refractivity contribution in [2.24, 2.45) is 12.1 Å². The van der Waals surface area contributed by atoms with Crippen LogP contribution >= 0.6 is 0 Å². The van der Waals surface area contributed by atoms with Gasteiger partial charge in [-0.3, -0.25) is 0 Å². The molecule has 0 saturated carbocycles. The van der Waals surface area contributed by atoms with Crippen molar-refractivity contribution in [2.75, 3.05) is 13.1 Å². The summed E-state index contributed by atoms with van der Waals surface area (Å²) >= 11 is 0. The van der Waals surface area contributed by atoms with Crippen LogP contribution in [0.4, 0.5) is 13.6 Å². The first kappa shape index (κ1) is 22.5. The van der Waals surface area contributed by atoms with Gasteiger partial charge < -0.3 is 14.2 Å². The standard InChI is InChI=1S/C24H21F2N7O2/c1-14-11-31(2)23(30-14)20-8-22(19(26)10-28-20)35-18-12-32(13-18)24(34)33-21(3-4-29-33)16-5-15(9-27)6-17(25)7-16/h4-8,10-11,18,21H,3,12-13H2,1-2H3. The predicted molar refractivity (Wildman–Crippen MR) is 121 cm³/mol. The topological polar surface area (TPSA) is 99.6 Å². The second-order valence-electron chi connectivity index (χ2n) is 8.52. The Kier molecular flexibility index (Phi) is 5.64. The van der Waals surface area contributed by atoms with E-state index in [1.807, 2.05) is 26.2 Å². The van der Waals surface area contributed by atoms with Gasteiger partial charge in [-0.25, -0.2) is 28.6 Å². The maximum absolute atomic E-state index is 14.4. The van der Waals surface area contributed by atoms with Crippen molar-refractivity contribution in [1.29, 1.82) is 5.26 Å². The molecule has 11 heteroatoms. The minimum atomic E-state index is -0.604. The quantitative estimate of drug-likeness (QED) is 0.572. The second-order valence-corrected chi connectivity index (χ2v) is 8.52. The minimum absolute atomic E-state index is 0.0358. The Hall–Kier alpha value is -4.33. The number of hydrogen-bond acceptors (Lipinski definition) is 6. The number of ether oxygens (including phenoxy) is 1. The number of carbonyl (C=O) groups is 1. The van der Waals surface area contributed by atoms with E-state index in [-0.39, 0.29) is 30.4 Å². The van der Waals surface area contributed by atoms with Crippen molar-refractivity contribution in [3.63, 3.8) is 0 Å². The summed E-state index contributed by atoms with van der Waals surface area (Å²) < 4.78 is 35.9.